The molecular formula is C25H31F3O7. The van der Waals surface area contributed by atoms with Crippen molar-refractivity contribution >= 4 is 23.5 Å². The summed E-state index contributed by atoms with van der Waals surface area (Å²) in [5.74, 6) is -4.63. The monoisotopic (exact) mass is 500 g/mol. The summed E-state index contributed by atoms with van der Waals surface area (Å²) in [4.78, 5) is 48.4. The molecule has 7 nitrogen and oxygen atoms in total. The summed E-state index contributed by atoms with van der Waals surface area (Å²) >= 11 is 0. The number of ether oxygens (including phenoxy) is 2. The topological polar surface area (TPSA) is 107 Å². The molecule has 3 saturated carbocycles. The zero-order chi connectivity index (χ0) is 26.0. The average molecular weight is 501 g/mol. The predicted molar refractivity (Wildman–Crippen MR) is 115 cm³/mol. The van der Waals surface area contributed by atoms with Gasteiger partial charge in [-0.3, -0.25) is 14.4 Å². The third-order valence-corrected chi connectivity index (χ3v) is 9.38. The number of halogens is 3. The van der Waals surface area contributed by atoms with Crippen molar-refractivity contribution in [1.82, 2.24) is 0 Å². The SMILES string of the molecule is CC(=O)OCC(=O)[C@@]1(O)CC[C@H]2[C@@H]3CCC4=CC(=O)CC[C@]4(C)[C@H]3[C@@H](OC(=O)C(F)(F)F)C[C@@]21C. The lowest BCUT2D eigenvalue weighted by Gasteiger charge is -2.60. The maximum Gasteiger partial charge on any atom is 0.490 e. The van der Waals surface area contributed by atoms with Crippen molar-refractivity contribution in [2.75, 3.05) is 6.61 Å². The van der Waals surface area contributed by atoms with Gasteiger partial charge in [0.25, 0.3) is 0 Å². The molecule has 3 fully saturated rings. The minimum Gasteiger partial charge on any atom is -0.458 e. The van der Waals surface area contributed by atoms with E-state index in [1.165, 1.54) is 0 Å². The van der Waals surface area contributed by atoms with E-state index >= 15 is 0 Å². The lowest BCUT2D eigenvalue weighted by atomic mass is 9.45. The molecule has 1 N–H and O–H groups in total. The molecule has 0 aromatic rings. The average Bonchev–Trinajstić information content (AvgIpc) is 3.03. The van der Waals surface area contributed by atoms with Crippen LogP contribution in [0.5, 0.6) is 0 Å². The number of ketones is 2. The molecule has 4 aliphatic rings. The van der Waals surface area contributed by atoms with Gasteiger partial charge in [-0.15, -0.1) is 0 Å². The molecule has 194 valence electrons. The third-order valence-electron chi connectivity index (χ3n) is 9.38. The molecule has 0 aliphatic heterocycles. The van der Waals surface area contributed by atoms with Crippen LogP contribution in [0.25, 0.3) is 0 Å². The van der Waals surface area contributed by atoms with E-state index in [0.717, 1.165) is 12.5 Å². The molecule has 0 bridgehead atoms. The quantitative estimate of drug-likeness (QED) is 0.589. The molecule has 0 unspecified atom stereocenters. The van der Waals surface area contributed by atoms with Gasteiger partial charge in [-0.25, -0.2) is 4.79 Å². The zero-order valence-electron chi connectivity index (χ0n) is 20.1. The van der Waals surface area contributed by atoms with Crippen LogP contribution in [0.3, 0.4) is 0 Å². The minimum atomic E-state index is -5.19. The fourth-order valence-electron chi connectivity index (χ4n) is 7.72. The van der Waals surface area contributed by atoms with Gasteiger partial charge in [0.1, 0.15) is 11.7 Å². The molecule has 0 radical (unpaired) electrons. The van der Waals surface area contributed by atoms with E-state index in [1.54, 1.807) is 13.0 Å². The first kappa shape index (κ1) is 25.9. The van der Waals surface area contributed by atoms with Crippen molar-refractivity contribution < 1.29 is 46.9 Å². The van der Waals surface area contributed by atoms with E-state index in [0.29, 0.717) is 25.7 Å². The van der Waals surface area contributed by atoms with Crippen molar-refractivity contribution in [3.63, 3.8) is 0 Å². The van der Waals surface area contributed by atoms with Crippen LogP contribution < -0.4 is 0 Å². The van der Waals surface area contributed by atoms with Crippen molar-refractivity contribution in [2.45, 2.75) is 83.6 Å². The molecule has 0 aromatic heterocycles. The van der Waals surface area contributed by atoms with E-state index < -0.39 is 59.0 Å². The molecule has 0 heterocycles. The Balaban J connectivity index is 1.75. The van der Waals surface area contributed by atoms with Crippen LogP contribution >= 0.6 is 0 Å². The standard InChI is InChI=1S/C25H31F3O7/c1-13(29)34-12-19(31)24(33)9-7-17-16-5-4-14-10-15(30)6-8-22(14,2)20(16)18(11-23(17,24)3)35-21(32)25(26,27)28/h10,16-18,20,33H,4-9,11-12H2,1-3H3/t16-,17-,18-,20+,22-,23-,24-/m0/s1. The van der Waals surface area contributed by atoms with Gasteiger partial charge in [0.15, 0.2) is 12.4 Å². The third kappa shape index (κ3) is 4.01. The molecule has 4 aliphatic carbocycles. The molecule has 0 aromatic carbocycles. The van der Waals surface area contributed by atoms with E-state index in [-0.39, 0.29) is 36.9 Å². The molecule has 35 heavy (non-hydrogen) atoms. The van der Waals surface area contributed by atoms with E-state index in [4.69, 9.17) is 9.47 Å². The number of rotatable bonds is 4. The van der Waals surface area contributed by atoms with Crippen molar-refractivity contribution in [2.24, 2.45) is 28.6 Å². The van der Waals surface area contributed by atoms with Gasteiger partial charge in [-0.05, 0) is 61.9 Å². The fourth-order valence-corrected chi connectivity index (χ4v) is 7.72. The van der Waals surface area contributed by atoms with Crippen molar-refractivity contribution in [1.29, 1.82) is 0 Å². The highest BCUT2D eigenvalue weighted by atomic mass is 19.4. The Kier molecular flexibility index (Phi) is 6.22. The Morgan fingerprint density at radius 3 is 2.46 bits per heavy atom. The number of aliphatic hydroxyl groups is 1. The van der Waals surface area contributed by atoms with Crippen LogP contribution in [0.4, 0.5) is 13.2 Å². The summed E-state index contributed by atoms with van der Waals surface area (Å²) in [6.45, 7) is 4.09. The number of Topliss-reactive ketones (excluding diaryl/α,β-unsaturated/α-hetero) is 1. The van der Waals surface area contributed by atoms with E-state index in [1.807, 2.05) is 6.92 Å². The first-order valence-corrected chi connectivity index (χ1v) is 12.0. The number of carbonyl (C=O) groups is 4. The van der Waals surface area contributed by atoms with E-state index in [2.05, 4.69) is 0 Å². The number of hydrogen-bond donors (Lipinski definition) is 1. The molecule has 4 rings (SSSR count). The minimum absolute atomic E-state index is 0.0216. The first-order valence-electron chi connectivity index (χ1n) is 12.0. The maximum atomic E-state index is 13.2. The second-order valence-corrected chi connectivity index (χ2v) is 11.1. The summed E-state index contributed by atoms with van der Waals surface area (Å²) in [7, 11) is 0. The number of allylic oxidation sites excluding steroid dienone is 1. The van der Waals surface area contributed by atoms with Crippen LogP contribution in [0, 0.1) is 28.6 Å². The van der Waals surface area contributed by atoms with Crippen LogP contribution in [-0.2, 0) is 28.7 Å². The summed E-state index contributed by atoms with van der Waals surface area (Å²) in [6, 6.07) is 0. The van der Waals surface area contributed by atoms with Crippen LogP contribution in [0.1, 0.15) is 65.7 Å². The highest BCUT2D eigenvalue weighted by molar-refractivity contribution is 5.92. The maximum absolute atomic E-state index is 13.2. The highest BCUT2D eigenvalue weighted by Gasteiger charge is 2.69. The predicted octanol–water partition coefficient (Wildman–Crippen LogP) is 3.47. The van der Waals surface area contributed by atoms with Gasteiger partial charge < -0.3 is 14.6 Å². The second-order valence-electron chi connectivity index (χ2n) is 11.1. The number of fused-ring (bicyclic) bond motifs is 5. The van der Waals surface area contributed by atoms with Gasteiger partial charge in [0, 0.05) is 24.7 Å². The summed E-state index contributed by atoms with van der Waals surface area (Å²) in [6.07, 6.45) is -2.57. The Hall–Kier alpha value is -2.23. The Bertz CT molecular complexity index is 988. The summed E-state index contributed by atoms with van der Waals surface area (Å²) in [5.41, 5.74) is -2.87. The smallest absolute Gasteiger partial charge is 0.458 e. The summed E-state index contributed by atoms with van der Waals surface area (Å²) in [5, 5.41) is 11.6. The van der Waals surface area contributed by atoms with Gasteiger partial charge in [-0.1, -0.05) is 19.4 Å². The van der Waals surface area contributed by atoms with Crippen molar-refractivity contribution in [3.8, 4) is 0 Å². The lowest BCUT2D eigenvalue weighted by Crippen LogP contribution is -2.63. The second kappa shape index (κ2) is 8.42. The molecule has 10 heteroatoms. The largest absolute Gasteiger partial charge is 0.490 e. The van der Waals surface area contributed by atoms with Crippen LogP contribution in [-0.4, -0.2) is 53.1 Å². The van der Waals surface area contributed by atoms with E-state index in [9.17, 15) is 37.5 Å². The Morgan fingerprint density at radius 1 is 1.14 bits per heavy atom. The lowest BCUT2D eigenvalue weighted by molar-refractivity contribution is -0.226. The number of hydrogen-bond acceptors (Lipinski definition) is 7. The van der Waals surface area contributed by atoms with Crippen LogP contribution in [0.15, 0.2) is 11.6 Å². The number of carbonyl (C=O) groups excluding carboxylic acids is 4. The first-order chi connectivity index (χ1) is 16.1. The van der Waals surface area contributed by atoms with Gasteiger partial charge in [0.05, 0.1) is 0 Å². The molecule has 0 amide bonds. The molecule has 0 saturated heterocycles. The van der Waals surface area contributed by atoms with Crippen LogP contribution in [0.2, 0.25) is 0 Å². The molecule has 7 atom stereocenters. The number of alkyl halides is 3. The van der Waals surface area contributed by atoms with Gasteiger partial charge in [-0.2, -0.15) is 13.2 Å². The van der Waals surface area contributed by atoms with Gasteiger partial charge >= 0.3 is 18.1 Å². The Labute approximate surface area is 201 Å². The zero-order valence-corrected chi connectivity index (χ0v) is 20.1. The fraction of sp³-hybridized carbons (Fsp3) is 0.760. The van der Waals surface area contributed by atoms with Crippen molar-refractivity contribution in [3.05, 3.63) is 11.6 Å². The normalized spacial score (nSPS) is 40.7. The highest BCUT2D eigenvalue weighted by Crippen LogP contribution is 2.68. The number of esters is 2. The molecule has 0 spiro atoms. The molecular weight excluding hydrogens is 469 g/mol. The van der Waals surface area contributed by atoms with Gasteiger partial charge in [0.2, 0.25) is 5.78 Å². The summed E-state index contributed by atoms with van der Waals surface area (Å²) < 4.78 is 49.7. The Morgan fingerprint density at radius 2 is 1.83 bits per heavy atom.